The predicted molar refractivity (Wildman–Crippen MR) is 84.0 cm³/mol. The monoisotopic (exact) mass is 390 g/mol. The molecule has 0 radical (unpaired) electrons. The lowest BCUT2D eigenvalue weighted by Gasteiger charge is -2.10. The van der Waals surface area contributed by atoms with Crippen LogP contribution in [0.2, 0.25) is 5.02 Å². The van der Waals surface area contributed by atoms with Crippen LogP contribution in [0.25, 0.3) is 0 Å². The van der Waals surface area contributed by atoms with Crippen molar-refractivity contribution in [1.82, 2.24) is 9.71 Å². The lowest BCUT2D eigenvalue weighted by atomic mass is 10.3. The van der Waals surface area contributed by atoms with Crippen LogP contribution in [-0.4, -0.2) is 20.5 Å². The average Bonchev–Trinajstić information content (AvgIpc) is 2.48. The minimum atomic E-state index is -3.64. The fourth-order valence-electron chi connectivity index (χ4n) is 1.64. The molecular weight excluding hydrogens is 380 g/mol. The van der Waals surface area contributed by atoms with Crippen LogP contribution in [-0.2, 0) is 16.6 Å². The van der Waals surface area contributed by atoms with Crippen molar-refractivity contribution in [2.24, 2.45) is 0 Å². The Bertz CT molecular complexity index is 753. The third-order valence-corrected chi connectivity index (χ3v) is 5.31. The maximum Gasteiger partial charge on any atom is 0.240 e. The number of rotatable bonds is 5. The van der Waals surface area contributed by atoms with Crippen LogP contribution < -0.4 is 9.46 Å². The smallest absolute Gasteiger partial charge is 0.240 e. The Labute approximate surface area is 136 Å². The molecule has 21 heavy (non-hydrogen) atoms. The summed E-state index contributed by atoms with van der Waals surface area (Å²) in [7, 11) is -2.16. The highest BCUT2D eigenvalue weighted by Crippen LogP contribution is 2.25. The normalized spacial score (nSPS) is 11.4. The molecule has 0 spiro atoms. The van der Waals surface area contributed by atoms with Gasteiger partial charge in [-0.2, -0.15) is 0 Å². The van der Waals surface area contributed by atoms with Crippen molar-refractivity contribution in [1.29, 1.82) is 0 Å². The number of hydrogen-bond acceptors (Lipinski definition) is 4. The standard InChI is InChI=1S/C13H12BrClN2O3S/c1-20-13-9(3-2-6-16-13)8-17-21(18,19)10-4-5-12(15)11(14)7-10/h2-7,17H,8H2,1H3. The average molecular weight is 392 g/mol. The van der Waals surface area contributed by atoms with Crippen LogP contribution in [0.3, 0.4) is 0 Å². The van der Waals surface area contributed by atoms with E-state index in [1.807, 2.05) is 0 Å². The molecule has 0 saturated heterocycles. The van der Waals surface area contributed by atoms with Gasteiger partial charge in [0.05, 0.1) is 17.0 Å². The second-order valence-corrected chi connectivity index (χ2v) is 7.10. The molecule has 0 bridgehead atoms. The fourth-order valence-corrected chi connectivity index (χ4v) is 3.32. The summed E-state index contributed by atoms with van der Waals surface area (Å²) in [6.07, 6.45) is 1.58. The number of hydrogen-bond donors (Lipinski definition) is 1. The van der Waals surface area contributed by atoms with Crippen LogP contribution in [0.15, 0.2) is 45.9 Å². The van der Waals surface area contributed by atoms with Crippen molar-refractivity contribution in [3.63, 3.8) is 0 Å². The first-order chi connectivity index (χ1) is 9.94. The zero-order chi connectivity index (χ0) is 15.5. The minimum Gasteiger partial charge on any atom is -0.481 e. The number of benzene rings is 1. The third-order valence-electron chi connectivity index (χ3n) is 2.70. The number of aromatic nitrogens is 1. The van der Waals surface area contributed by atoms with Crippen molar-refractivity contribution in [2.45, 2.75) is 11.4 Å². The van der Waals surface area contributed by atoms with Crippen LogP contribution in [0, 0.1) is 0 Å². The summed E-state index contributed by atoms with van der Waals surface area (Å²) in [6, 6.07) is 7.86. The van der Waals surface area contributed by atoms with Gasteiger partial charge in [0.2, 0.25) is 15.9 Å². The molecule has 0 aliphatic rings. The first kappa shape index (κ1) is 16.2. The number of halogens is 2. The number of methoxy groups -OCH3 is 1. The van der Waals surface area contributed by atoms with Crippen LogP contribution >= 0.6 is 27.5 Å². The number of pyridine rings is 1. The molecule has 0 fully saturated rings. The highest BCUT2D eigenvalue weighted by atomic mass is 79.9. The van der Waals surface area contributed by atoms with Gasteiger partial charge in [0.25, 0.3) is 0 Å². The molecule has 2 aromatic rings. The van der Waals surface area contributed by atoms with Gasteiger partial charge in [0.1, 0.15) is 0 Å². The quantitative estimate of drug-likeness (QED) is 0.851. The highest BCUT2D eigenvalue weighted by Gasteiger charge is 2.16. The van der Waals surface area contributed by atoms with E-state index < -0.39 is 10.0 Å². The molecular formula is C13H12BrClN2O3S. The van der Waals surface area contributed by atoms with Crippen LogP contribution in [0.1, 0.15) is 5.56 Å². The summed E-state index contributed by atoms with van der Waals surface area (Å²) in [5.41, 5.74) is 0.650. The summed E-state index contributed by atoms with van der Waals surface area (Å²) >= 11 is 9.06. The van der Waals surface area contributed by atoms with Gasteiger partial charge in [-0.3, -0.25) is 0 Å². The molecule has 0 unspecified atom stereocenters. The number of sulfonamides is 1. The molecule has 1 heterocycles. The van der Waals surface area contributed by atoms with Gasteiger partial charge in [-0.05, 0) is 40.2 Å². The summed E-state index contributed by atoms with van der Waals surface area (Å²) in [5.74, 6) is 0.387. The van der Waals surface area contributed by atoms with Crippen molar-refractivity contribution < 1.29 is 13.2 Å². The van der Waals surface area contributed by atoms with E-state index in [0.717, 1.165) is 0 Å². The van der Waals surface area contributed by atoms with Gasteiger partial charge in [0, 0.05) is 22.8 Å². The molecule has 112 valence electrons. The molecule has 1 N–H and O–H groups in total. The van der Waals surface area contributed by atoms with Gasteiger partial charge in [-0.1, -0.05) is 17.7 Å². The Morgan fingerprint density at radius 2 is 2.14 bits per heavy atom. The van der Waals surface area contributed by atoms with Gasteiger partial charge >= 0.3 is 0 Å². The lowest BCUT2D eigenvalue weighted by Crippen LogP contribution is -2.23. The molecule has 5 nitrogen and oxygen atoms in total. The first-order valence-electron chi connectivity index (χ1n) is 5.86. The van der Waals surface area contributed by atoms with E-state index in [1.54, 1.807) is 18.3 Å². The Morgan fingerprint density at radius 1 is 1.38 bits per heavy atom. The Balaban J connectivity index is 2.20. The largest absolute Gasteiger partial charge is 0.481 e. The zero-order valence-electron chi connectivity index (χ0n) is 11.0. The minimum absolute atomic E-state index is 0.0829. The van der Waals surface area contributed by atoms with Crippen molar-refractivity contribution in [2.75, 3.05) is 7.11 Å². The summed E-state index contributed by atoms with van der Waals surface area (Å²) in [5, 5.41) is 0.447. The van der Waals surface area contributed by atoms with Crippen LogP contribution in [0.4, 0.5) is 0 Å². The fraction of sp³-hybridized carbons (Fsp3) is 0.154. The molecule has 0 amide bonds. The number of nitrogens with one attached hydrogen (secondary N) is 1. The van der Waals surface area contributed by atoms with E-state index in [2.05, 4.69) is 25.6 Å². The topological polar surface area (TPSA) is 68.3 Å². The predicted octanol–water partition coefficient (Wildman–Crippen LogP) is 2.98. The second kappa shape index (κ2) is 6.74. The van der Waals surface area contributed by atoms with Gasteiger partial charge in [-0.25, -0.2) is 18.1 Å². The van der Waals surface area contributed by atoms with E-state index in [9.17, 15) is 8.42 Å². The zero-order valence-corrected chi connectivity index (χ0v) is 14.2. The highest BCUT2D eigenvalue weighted by molar-refractivity contribution is 9.10. The van der Waals surface area contributed by atoms with Crippen molar-refractivity contribution in [3.8, 4) is 5.88 Å². The maximum atomic E-state index is 12.2. The number of ether oxygens (including phenoxy) is 1. The molecule has 0 aliphatic carbocycles. The summed E-state index contributed by atoms with van der Waals surface area (Å²) in [4.78, 5) is 4.14. The Morgan fingerprint density at radius 3 is 2.81 bits per heavy atom. The Hall–Kier alpha value is -1.15. The summed E-state index contributed by atoms with van der Waals surface area (Å²) < 4.78 is 32.6. The maximum absolute atomic E-state index is 12.2. The van der Waals surface area contributed by atoms with E-state index in [4.69, 9.17) is 16.3 Å². The van der Waals surface area contributed by atoms with Gasteiger partial charge in [0.15, 0.2) is 0 Å². The van der Waals surface area contributed by atoms with Crippen molar-refractivity contribution >= 4 is 37.6 Å². The van der Waals surface area contributed by atoms with Crippen LogP contribution in [0.5, 0.6) is 5.88 Å². The van der Waals surface area contributed by atoms with E-state index in [0.29, 0.717) is 20.9 Å². The molecule has 0 aliphatic heterocycles. The summed E-state index contributed by atoms with van der Waals surface area (Å²) in [6.45, 7) is 0.0829. The second-order valence-electron chi connectivity index (χ2n) is 4.07. The van der Waals surface area contributed by atoms with E-state index in [1.165, 1.54) is 25.3 Å². The molecule has 1 aromatic carbocycles. The SMILES string of the molecule is COc1ncccc1CNS(=O)(=O)c1ccc(Cl)c(Br)c1. The first-order valence-corrected chi connectivity index (χ1v) is 8.52. The lowest BCUT2D eigenvalue weighted by molar-refractivity contribution is 0.392. The molecule has 0 saturated carbocycles. The third kappa shape index (κ3) is 3.94. The molecule has 1 aromatic heterocycles. The van der Waals surface area contributed by atoms with Gasteiger partial charge in [-0.15, -0.1) is 0 Å². The van der Waals surface area contributed by atoms with E-state index >= 15 is 0 Å². The molecule has 2 rings (SSSR count). The molecule has 0 atom stereocenters. The number of nitrogens with zero attached hydrogens (tertiary/aromatic N) is 1. The van der Waals surface area contributed by atoms with Crippen molar-refractivity contribution in [3.05, 3.63) is 51.6 Å². The Kier molecular flexibility index (Phi) is 5.21. The van der Waals surface area contributed by atoms with E-state index in [-0.39, 0.29) is 11.4 Å². The van der Waals surface area contributed by atoms with Gasteiger partial charge < -0.3 is 4.74 Å². The molecule has 8 heteroatoms.